The van der Waals surface area contributed by atoms with E-state index in [0.717, 1.165) is 29.7 Å². The highest BCUT2D eigenvalue weighted by atomic mass is 16.5. The summed E-state index contributed by atoms with van der Waals surface area (Å²) < 4.78 is 5.86. The van der Waals surface area contributed by atoms with Gasteiger partial charge in [-0.1, -0.05) is 73.7 Å². The van der Waals surface area contributed by atoms with Gasteiger partial charge in [-0.2, -0.15) is 0 Å². The predicted molar refractivity (Wildman–Crippen MR) is 123 cm³/mol. The molecule has 0 aliphatic heterocycles. The zero-order valence-electron chi connectivity index (χ0n) is 17.0. The van der Waals surface area contributed by atoms with Crippen LogP contribution in [-0.2, 0) is 6.42 Å². The second-order valence-corrected chi connectivity index (χ2v) is 7.09. The van der Waals surface area contributed by atoms with Gasteiger partial charge in [0.25, 0.3) is 5.56 Å². The maximum Gasteiger partial charge on any atom is 0.259 e. The number of ether oxygens (including phenoxy) is 1. The first-order valence-corrected chi connectivity index (χ1v) is 10.2. The van der Waals surface area contributed by atoms with Crippen LogP contribution in [0.5, 0.6) is 5.75 Å². The molecule has 0 amide bonds. The van der Waals surface area contributed by atoms with Crippen molar-refractivity contribution in [2.75, 3.05) is 6.61 Å². The fraction of sp³-hybridized carbons (Fsp3) is 0.154. The Labute approximate surface area is 175 Å². The standard InChI is InChI=1S/C26H24N2O2/c1-2-18-30-23-17-7-6-15-21(23)25-27-24-20(14-9-16-22(24)26(29)28-25)13-8-12-19-10-4-3-5-11-19/h3-11,13-17H,2,12,18H2,1H3,(H,27,28,29)/b13-8+. The van der Waals surface area contributed by atoms with E-state index in [9.17, 15) is 4.79 Å². The zero-order valence-corrected chi connectivity index (χ0v) is 17.0. The molecule has 3 aromatic carbocycles. The van der Waals surface area contributed by atoms with Crippen molar-refractivity contribution in [3.05, 3.63) is 100 Å². The Kier molecular flexibility index (Phi) is 6.04. The molecule has 150 valence electrons. The van der Waals surface area contributed by atoms with Gasteiger partial charge in [-0.25, -0.2) is 4.98 Å². The smallest absolute Gasteiger partial charge is 0.259 e. The van der Waals surface area contributed by atoms with Crippen molar-refractivity contribution < 1.29 is 4.74 Å². The number of para-hydroxylation sites is 2. The highest BCUT2D eigenvalue weighted by molar-refractivity contribution is 5.88. The van der Waals surface area contributed by atoms with E-state index >= 15 is 0 Å². The molecule has 4 nitrogen and oxygen atoms in total. The summed E-state index contributed by atoms with van der Waals surface area (Å²) in [6, 6.07) is 23.6. The molecule has 0 bridgehead atoms. The molecule has 0 aliphatic carbocycles. The third kappa shape index (κ3) is 4.33. The van der Waals surface area contributed by atoms with Crippen molar-refractivity contribution >= 4 is 17.0 Å². The van der Waals surface area contributed by atoms with Gasteiger partial charge in [0.05, 0.1) is 23.1 Å². The molecular weight excluding hydrogens is 372 g/mol. The number of allylic oxidation sites excluding steroid dienone is 1. The maximum atomic E-state index is 12.8. The van der Waals surface area contributed by atoms with Crippen molar-refractivity contribution in [1.82, 2.24) is 9.97 Å². The molecule has 4 aromatic rings. The quantitative estimate of drug-likeness (QED) is 0.440. The van der Waals surface area contributed by atoms with E-state index in [1.54, 1.807) is 6.07 Å². The first-order chi connectivity index (χ1) is 14.8. The summed E-state index contributed by atoms with van der Waals surface area (Å²) in [5.41, 5.74) is 3.47. The minimum absolute atomic E-state index is 0.154. The number of hydrogen-bond donors (Lipinski definition) is 1. The summed E-state index contributed by atoms with van der Waals surface area (Å²) in [5, 5.41) is 0.576. The molecule has 1 aromatic heterocycles. The minimum atomic E-state index is -0.154. The van der Waals surface area contributed by atoms with Crippen LogP contribution >= 0.6 is 0 Å². The van der Waals surface area contributed by atoms with Gasteiger partial charge in [-0.05, 0) is 36.6 Å². The Bertz CT molecular complexity index is 1230. The van der Waals surface area contributed by atoms with Crippen LogP contribution < -0.4 is 10.3 Å². The van der Waals surface area contributed by atoms with Crippen molar-refractivity contribution in [3.8, 4) is 17.1 Å². The van der Waals surface area contributed by atoms with Gasteiger partial charge in [0, 0.05) is 5.56 Å². The van der Waals surface area contributed by atoms with E-state index in [1.165, 1.54) is 5.56 Å². The monoisotopic (exact) mass is 396 g/mol. The molecule has 1 heterocycles. The second-order valence-electron chi connectivity index (χ2n) is 7.09. The first-order valence-electron chi connectivity index (χ1n) is 10.2. The van der Waals surface area contributed by atoms with E-state index in [0.29, 0.717) is 23.3 Å². The molecular formula is C26H24N2O2. The van der Waals surface area contributed by atoms with Crippen LogP contribution in [0, 0.1) is 0 Å². The molecule has 0 saturated heterocycles. The number of fused-ring (bicyclic) bond motifs is 1. The molecule has 0 unspecified atom stereocenters. The summed E-state index contributed by atoms with van der Waals surface area (Å²) in [6.45, 7) is 2.68. The molecule has 0 spiro atoms. The predicted octanol–water partition coefficient (Wildman–Crippen LogP) is 5.63. The van der Waals surface area contributed by atoms with E-state index < -0.39 is 0 Å². The molecule has 1 N–H and O–H groups in total. The number of nitrogens with one attached hydrogen (secondary N) is 1. The summed E-state index contributed by atoms with van der Waals surface area (Å²) in [6.07, 6.45) is 5.86. The largest absolute Gasteiger partial charge is 0.493 e. The van der Waals surface area contributed by atoms with E-state index in [4.69, 9.17) is 9.72 Å². The third-order valence-electron chi connectivity index (χ3n) is 4.87. The Morgan fingerprint density at radius 2 is 1.77 bits per heavy atom. The molecule has 30 heavy (non-hydrogen) atoms. The van der Waals surface area contributed by atoms with Gasteiger partial charge >= 0.3 is 0 Å². The minimum Gasteiger partial charge on any atom is -0.493 e. The Morgan fingerprint density at radius 1 is 0.967 bits per heavy atom. The molecule has 4 rings (SSSR count). The Hall–Kier alpha value is -3.66. The molecule has 0 aliphatic rings. The summed E-state index contributed by atoms with van der Waals surface area (Å²) in [5.74, 6) is 1.24. The van der Waals surface area contributed by atoms with E-state index in [1.807, 2.05) is 60.7 Å². The average Bonchev–Trinajstić information content (AvgIpc) is 2.79. The van der Waals surface area contributed by atoms with Gasteiger partial charge in [0.15, 0.2) is 0 Å². The summed E-state index contributed by atoms with van der Waals surface area (Å²) >= 11 is 0. The van der Waals surface area contributed by atoms with E-state index in [-0.39, 0.29) is 5.56 Å². The highest BCUT2D eigenvalue weighted by Gasteiger charge is 2.12. The van der Waals surface area contributed by atoms with Crippen LogP contribution in [0.2, 0.25) is 0 Å². The van der Waals surface area contributed by atoms with Crippen LogP contribution in [0.15, 0.2) is 83.7 Å². The van der Waals surface area contributed by atoms with Crippen molar-refractivity contribution in [3.63, 3.8) is 0 Å². The lowest BCUT2D eigenvalue weighted by atomic mass is 10.1. The molecule has 0 atom stereocenters. The topological polar surface area (TPSA) is 55.0 Å². The number of H-pyrrole nitrogens is 1. The number of aromatic amines is 1. The van der Waals surface area contributed by atoms with Gasteiger partial charge in [-0.3, -0.25) is 4.79 Å². The van der Waals surface area contributed by atoms with Crippen LogP contribution in [0.25, 0.3) is 28.4 Å². The highest BCUT2D eigenvalue weighted by Crippen LogP contribution is 2.28. The second kappa shape index (κ2) is 9.23. The summed E-state index contributed by atoms with van der Waals surface area (Å²) in [4.78, 5) is 20.5. The van der Waals surface area contributed by atoms with Crippen molar-refractivity contribution in [2.24, 2.45) is 0 Å². The van der Waals surface area contributed by atoms with Crippen LogP contribution in [-0.4, -0.2) is 16.6 Å². The van der Waals surface area contributed by atoms with Crippen LogP contribution in [0.3, 0.4) is 0 Å². The van der Waals surface area contributed by atoms with Gasteiger partial charge in [0.2, 0.25) is 0 Å². The number of hydrogen-bond acceptors (Lipinski definition) is 3. The van der Waals surface area contributed by atoms with Crippen molar-refractivity contribution in [1.29, 1.82) is 0 Å². The maximum absolute atomic E-state index is 12.8. The molecule has 0 radical (unpaired) electrons. The number of aromatic nitrogens is 2. The number of benzene rings is 3. The van der Waals surface area contributed by atoms with Gasteiger partial charge < -0.3 is 9.72 Å². The van der Waals surface area contributed by atoms with Crippen LogP contribution in [0.4, 0.5) is 0 Å². The van der Waals surface area contributed by atoms with Gasteiger partial charge in [-0.15, -0.1) is 0 Å². The van der Waals surface area contributed by atoms with E-state index in [2.05, 4.69) is 30.1 Å². The number of nitrogens with zero attached hydrogens (tertiary/aromatic N) is 1. The Morgan fingerprint density at radius 3 is 2.60 bits per heavy atom. The first kappa shape index (κ1) is 19.6. The fourth-order valence-electron chi connectivity index (χ4n) is 3.38. The molecule has 0 saturated carbocycles. The Balaban J connectivity index is 1.74. The number of rotatable bonds is 7. The zero-order chi connectivity index (χ0) is 20.8. The molecule has 0 fully saturated rings. The average molecular weight is 396 g/mol. The fourth-order valence-corrected chi connectivity index (χ4v) is 3.38. The SMILES string of the molecule is CCCOc1ccccc1-c1nc2c(/C=C/Cc3ccccc3)cccc2c(=O)[nH]1. The third-order valence-corrected chi connectivity index (χ3v) is 4.87. The van der Waals surface area contributed by atoms with Crippen LogP contribution in [0.1, 0.15) is 24.5 Å². The summed E-state index contributed by atoms with van der Waals surface area (Å²) in [7, 11) is 0. The lowest BCUT2D eigenvalue weighted by Crippen LogP contribution is -2.10. The molecule has 4 heteroatoms. The lowest BCUT2D eigenvalue weighted by Gasteiger charge is -2.11. The van der Waals surface area contributed by atoms with Crippen molar-refractivity contribution in [2.45, 2.75) is 19.8 Å². The van der Waals surface area contributed by atoms with Gasteiger partial charge in [0.1, 0.15) is 11.6 Å². The normalized spacial score (nSPS) is 11.2. The lowest BCUT2D eigenvalue weighted by molar-refractivity contribution is 0.318.